The van der Waals surface area contributed by atoms with E-state index in [1.54, 1.807) is 25.0 Å². The molecule has 1 rings (SSSR count). The van der Waals surface area contributed by atoms with Crippen molar-refractivity contribution < 1.29 is 9.84 Å². The Balaban J connectivity index is 2.93. The van der Waals surface area contributed by atoms with Gasteiger partial charge in [0.15, 0.2) is 0 Å². The minimum atomic E-state index is -0.660. The first-order chi connectivity index (χ1) is 6.07. The van der Waals surface area contributed by atoms with Gasteiger partial charge in [-0.1, -0.05) is 0 Å². The number of halogens is 1. The van der Waals surface area contributed by atoms with E-state index >= 15 is 0 Å². The van der Waals surface area contributed by atoms with Crippen LogP contribution < -0.4 is 0 Å². The van der Waals surface area contributed by atoms with Crippen molar-refractivity contribution in [3.05, 3.63) is 16.4 Å². The normalized spacial score (nSPS) is 15.8. The monoisotopic (exact) mass is 248 g/mol. The van der Waals surface area contributed by atoms with Crippen LogP contribution in [0.2, 0.25) is 0 Å². The molecule has 0 aliphatic heterocycles. The highest BCUT2D eigenvalue weighted by molar-refractivity contribution is 9.10. The Labute approximate surface area is 85.6 Å². The number of ether oxygens (including phenoxy) is 1. The van der Waals surface area contributed by atoms with Gasteiger partial charge in [-0.15, -0.1) is 0 Å². The van der Waals surface area contributed by atoms with Gasteiger partial charge < -0.3 is 9.84 Å². The van der Waals surface area contributed by atoms with Crippen molar-refractivity contribution in [2.45, 2.75) is 19.1 Å². The Kier molecular flexibility index (Phi) is 3.47. The van der Waals surface area contributed by atoms with Crippen LogP contribution in [0.4, 0.5) is 0 Å². The SMILES string of the molecule is COC(C)C(O)c1c(Br)cnn1C. The molecule has 1 aromatic rings. The number of hydrogen-bond acceptors (Lipinski definition) is 3. The fraction of sp³-hybridized carbons (Fsp3) is 0.625. The summed E-state index contributed by atoms with van der Waals surface area (Å²) in [5.41, 5.74) is 0.731. The summed E-state index contributed by atoms with van der Waals surface area (Å²) in [6.07, 6.45) is 0.750. The molecule has 4 nitrogen and oxygen atoms in total. The van der Waals surface area contributed by atoms with Gasteiger partial charge in [-0.2, -0.15) is 5.10 Å². The van der Waals surface area contributed by atoms with Gasteiger partial charge in [-0.25, -0.2) is 0 Å². The van der Waals surface area contributed by atoms with Crippen LogP contribution in [-0.2, 0) is 11.8 Å². The summed E-state index contributed by atoms with van der Waals surface area (Å²) in [6, 6.07) is 0. The largest absolute Gasteiger partial charge is 0.384 e. The number of methoxy groups -OCH3 is 1. The molecule has 1 heterocycles. The lowest BCUT2D eigenvalue weighted by Gasteiger charge is -2.17. The van der Waals surface area contributed by atoms with Crippen molar-refractivity contribution in [2.24, 2.45) is 7.05 Å². The minimum absolute atomic E-state index is 0.244. The van der Waals surface area contributed by atoms with Crippen LogP contribution in [0.1, 0.15) is 18.7 Å². The third-order valence-electron chi connectivity index (χ3n) is 2.03. The van der Waals surface area contributed by atoms with E-state index in [1.807, 2.05) is 6.92 Å². The minimum Gasteiger partial charge on any atom is -0.384 e. The first kappa shape index (κ1) is 10.7. The van der Waals surface area contributed by atoms with Gasteiger partial charge in [-0.3, -0.25) is 4.68 Å². The zero-order chi connectivity index (χ0) is 10.0. The lowest BCUT2D eigenvalue weighted by atomic mass is 10.1. The maximum absolute atomic E-state index is 9.82. The molecule has 0 radical (unpaired) electrons. The standard InChI is InChI=1S/C8H13BrN2O2/c1-5(13-3)8(12)7-6(9)4-10-11(7)2/h4-5,8,12H,1-3H3. The number of aromatic nitrogens is 2. The average Bonchev–Trinajstić information content (AvgIpc) is 2.44. The van der Waals surface area contributed by atoms with Crippen LogP contribution in [0.25, 0.3) is 0 Å². The summed E-state index contributed by atoms with van der Waals surface area (Å²) in [5, 5.41) is 13.8. The number of rotatable bonds is 3. The van der Waals surface area contributed by atoms with Crippen molar-refractivity contribution in [1.29, 1.82) is 0 Å². The quantitative estimate of drug-likeness (QED) is 0.876. The Morgan fingerprint density at radius 2 is 2.31 bits per heavy atom. The second-order valence-corrected chi connectivity index (χ2v) is 3.74. The highest BCUT2D eigenvalue weighted by Crippen LogP contribution is 2.25. The molecule has 0 amide bonds. The van der Waals surface area contributed by atoms with E-state index in [2.05, 4.69) is 21.0 Å². The topological polar surface area (TPSA) is 47.3 Å². The lowest BCUT2D eigenvalue weighted by Crippen LogP contribution is -2.19. The summed E-state index contributed by atoms with van der Waals surface area (Å²) in [6.45, 7) is 1.81. The summed E-state index contributed by atoms with van der Waals surface area (Å²) in [5.74, 6) is 0. The van der Waals surface area contributed by atoms with E-state index in [-0.39, 0.29) is 6.10 Å². The zero-order valence-corrected chi connectivity index (χ0v) is 9.45. The molecule has 1 aromatic heterocycles. The predicted octanol–water partition coefficient (Wildman–Crippen LogP) is 1.25. The Bertz CT molecular complexity index is 268. The van der Waals surface area contributed by atoms with E-state index in [0.717, 1.165) is 10.2 Å². The highest BCUT2D eigenvalue weighted by atomic mass is 79.9. The van der Waals surface area contributed by atoms with Gasteiger partial charge in [0.05, 0.1) is 22.5 Å². The first-order valence-corrected chi connectivity index (χ1v) is 4.75. The molecule has 2 atom stereocenters. The highest BCUT2D eigenvalue weighted by Gasteiger charge is 2.21. The van der Waals surface area contributed by atoms with Crippen molar-refractivity contribution in [3.8, 4) is 0 Å². The maximum Gasteiger partial charge on any atom is 0.122 e. The molecular weight excluding hydrogens is 236 g/mol. The van der Waals surface area contributed by atoms with E-state index in [1.165, 1.54) is 0 Å². The Morgan fingerprint density at radius 3 is 2.69 bits per heavy atom. The van der Waals surface area contributed by atoms with Crippen LogP contribution in [0.5, 0.6) is 0 Å². The fourth-order valence-electron chi connectivity index (χ4n) is 1.10. The summed E-state index contributed by atoms with van der Waals surface area (Å²) >= 11 is 3.32. The van der Waals surface area contributed by atoms with Crippen molar-refractivity contribution >= 4 is 15.9 Å². The summed E-state index contributed by atoms with van der Waals surface area (Å²) in [7, 11) is 3.35. The number of hydrogen-bond donors (Lipinski definition) is 1. The van der Waals surface area contributed by atoms with Crippen LogP contribution in [0, 0.1) is 0 Å². The molecule has 5 heteroatoms. The molecule has 0 spiro atoms. The number of nitrogens with zero attached hydrogens (tertiary/aromatic N) is 2. The van der Waals surface area contributed by atoms with Gasteiger partial charge in [0.1, 0.15) is 6.10 Å². The van der Waals surface area contributed by atoms with Crippen LogP contribution in [-0.4, -0.2) is 28.1 Å². The molecule has 0 aliphatic rings. The first-order valence-electron chi connectivity index (χ1n) is 3.96. The van der Waals surface area contributed by atoms with Crippen LogP contribution in [0.3, 0.4) is 0 Å². The molecule has 1 N–H and O–H groups in total. The molecule has 0 saturated carbocycles. The van der Waals surface area contributed by atoms with E-state index in [0.29, 0.717) is 0 Å². The molecule has 74 valence electrons. The van der Waals surface area contributed by atoms with Gasteiger partial charge in [0.25, 0.3) is 0 Å². The molecular formula is C8H13BrN2O2. The maximum atomic E-state index is 9.82. The van der Waals surface area contributed by atoms with E-state index < -0.39 is 6.10 Å². The lowest BCUT2D eigenvalue weighted by molar-refractivity contribution is -0.00579. The van der Waals surface area contributed by atoms with Crippen molar-refractivity contribution in [2.75, 3.05) is 7.11 Å². The predicted molar refractivity (Wildman–Crippen MR) is 52.3 cm³/mol. The molecule has 2 unspecified atom stereocenters. The third kappa shape index (κ3) is 2.10. The van der Waals surface area contributed by atoms with Crippen LogP contribution >= 0.6 is 15.9 Å². The average molecular weight is 249 g/mol. The second-order valence-electron chi connectivity index (χ2n) is 2.89. The van der Waals surface area contributed by atoms with Crippen molar-refractivity contribution in [1.82, 2.24) is 9.78 Å². The Morgan fingerprint density at radius 1 is 1.69 bits per heavy atom. The second kappa shape index (κ2) is 4.21. The Hall–Kier alpha value is -0.390. The number of aliphatic hydroxyl groups is 1. The fourth-order valence-corrected chi connectivity index (χ4v) is 1.69. The van der Waals surface area contributed by atoms with E-state index in [9.17, 15) is 5.11 Å². The summed E-state index contributed by atoms with van der Waals surface area (Å²) in [4.78, 5) is 0. The third-order valence-corrected chi connectivity index (χ3v) is 2.65. The number of aliphatic hydroxyl groups excluding tert-OH is 1. The molecule has 0 fully saturated rings. The molecule has 0 aliphatic carbocycles. The van der Waals surface area contributed by atoms with Crippen LogP contribution in [0.15, 0.2) is 10.7 Å². The zero-order valence-electron chi connectivity index (χ0n) is 7.86. The molecule has 0 bridgehead atoms. The van der Waals surface area contributed by atoms with Crippen molar-refractivity contribution in [3.63, 3.8) is 0 Å². The number of aryl methyl sites for hydroxylation is 1. The van der Waals surface area contributed by atoms with Gasteiger partial charge in [0.2, 0.25) is 0 Å². The van der Waals surface area contributed by atoms with Gasteiger partial charge >= 0.3 is 0 Å². The molecule has 0 aromatic carbocycles. The molecule has 0 saturated heterocycles. The molecule has 13 heavy (non-hydrogen) atoms. The van der Waals surface area contributed by atoms with E-state index in [4.69, 9.17) is 4.74 Å². The van der Waals surface area contributed by atoms with Gasteiger partial charge in [-0.05, 0) is 22.9 Å². The smallest absolute Gasteiger partial charge is 0.122 e. The summed E-state index contributed by atoms with van der Waals surface area (Å²) < 4.78 is 7.46. The van der Waals surface area contributed by atoms with Gasteiger partial charge in [0, 0.05) is 14.2 Å².